The number of carbonyl (C=O) groups excluding carboxylic acids is 2. The van der Waals surface area contributed by atoms with Crippen LogP contribution in [0, 0.1) is 50.2 Å². The molecule has 4 nitrogen and oxygen atoms in total. The summed E-state index contributed by atoms with van der Waals surface area (Å²) in [6.45, 7) is 16.4. The standard InChI is InChI=1S/C33H51NO3/c1-28(2)24-10-13-33(7)26(31(24,5)12-11-25(28)36)23(35)18-21-22-19-30(4,27(37)34-20-8-9-20)15-14-29(22,3)16-17-32(21,33)6/h18,20,22,24-26,36H,8-17,19H2,1-7H3,(H,34,37)/t22-,24?,25-,26+,29+,30?,31-,32+,33+/m0/s1. The zero-order valence-electron chi connectivity index (χ0n) is 24.5. The summed E-state index contributed by atoms with van der Waals surface area (Å²) in [6.07, 6.45) is 13.2. The minimum atomic E-state index is -0.347. The van der Waals surface area contributed by atoms with Gasteiger partial charge >= 0.3 is 0 Å². The number of aliphatic hydroxyl groups is 1. The molecule has 0 aromatic rings. The summed E-state index contributed by atoms with van der Waals surface area (Å²) in [7, 11) is 0. The van der Waals surface area contributed by atoms with E-state index in [-0.39, 0.29) is 50.4 Å². The maximum Gasteiger partial charge on any atom is 0.226 e. The molecule has 6 aliphatic rings. The topological polar surface area (TPSA) is 66.4 Å². The van der Waals surface area contributed by atoms with E-state index in [4.69, 9.17) is 0 Å². The molecule has 2 N–H and O–H groups in total. The molecule has 0 bridgehead atoms. The predicted molar refractivity (Wildman–Crippen MR) is 147 cm³/mol. The van der Waals surface area contributed by atoms with Crippen molar-refractivity contribution in [3.8, 4) is 0 Å². The highest BCUT2D eigenvalue weighted by Crippen LogP contribution is 2.75. The summed E-state index contributed by atoms with van der Waals surface area (Å²) < 4.78 is 0. The minimum Gasteiger partial charge on any atom is -0.393 e. The Morgan fingerprint density at radius 3 is 2.24 bits per heavy atom. The normalized spacial score (nSPS) is 52.6. The lowest BCUT2D eigenvalue weighted by molar-refractivity contribution is -0.202. The molecular formula is C33H51NO3. The van der Waals surface area contributed by atoms with Crippen molar-refractivity contribution in [1.82, 2.24) is 5.32 Å². The molecule has 0 aromatic heterocycles. The van der Waals surface area contributed by atoms with E-state index in [2.05, 4.69) is 59.9 Å². The average molecular weight is 510 g/mol. The summed E-state index contributed by atoms with van der Waals surface area (Å²) in [6, 6.07) is 0.388. The molecule has 5 fully saturated rings. The molecule has 5 saturated carbocycles. The molecule has 0 heterocycles. The number of rotatable bonds is 2. The van der Waals surface area contributed by atoms with E-state index in [0.29, 0.717) is 23.7 Å². The average Bonchev–Trinajstić information content (AvgIpc) is 3.63. The number of amides is 1. The summed E-state index contributed by atoms with van der Waals surface area (Å²) >= 11 is 0. The number of hydrogen-bond acceptors (Lipinski definition) is 3. The van der Waals surface area contributed by atoms with Gasteiger partial charge in [-0.2, -0.15) is 0 Å². The maximum absolute atomic E-state index is 14.4. The van der Waals surface area contributed by atoms with Gasteiger partial charge in [0.15, 0.2) is 5.78 Å². The molecule has 6 rings (SSSR count). The van der Waals surface area contributed by atoms with E-state index in [9.17, 15) is 14.7 Å². The van der Waals surface area contributed by atoms with Gasteiger partial charge in [-0.15, -0.1) is 0 Å². The van der Waals surface area contributed by atoms with Gasteiger partial charge in [0, 0.05) is 17.4 Å². The Hall–Kier alpha value is -1.16. The van der Waals surface area contributed by atoms with Crippen LogP contribution in [0.2, 0.25) is 0 Å². The Balaban J connectivity index is 1.40. The van der Waals surface area contributed by atoms with Gasteiger partial charge in [0.1, 0.15) is 0 Å². The van der Waals surface area contributed by atoms with Crippen LogP contribution in [-0.2, 0) is 9.59 Å². The van der Waals surface area contributed by atoms with Crippen LogP contribution in [-0.4, -0.2) is 28.9 Å². The molecule has 0 saturated heterocycles. The number of aliphatic hydroxyl groups excluding tert-OH is 1. The first-order valence-corrected chi connectivity index (χ1v) is 15.4. The number of ketones is 1. The molecule has 0 spiro atoms. The highest BCUT2D eigenvalue weighted by Gasteiger charge is 2.70. The number of carbonyl (C=O) groups is 2. The Bertz CT molecular complexity index is 1060. The second kappa shape index (κ2) is 7.73. The number of fused-ring (bicyclic) bond motifs is 7. The highest BCUT2D eigenvalue weighted by molar-refractivity contribution is 5.95. The van der Waals surface area contributed by atoms with Crippen LogP contribution < -0.4 is 5.32 Å². The van der Waals surface area contributed by atoms with Gasteiger partial charge in [0.05, 0.1) is 6.10 Å². The van der Waals surface area contributed by atoms with Gasteiger partial charge in [0.25, 0.3) is 0 Å². The first kappa shape index (κ1) is 26.1. The molecule has 4 heteroatoms. The van der Waals surface area contributed by atoms with Gasteiger partial charge in [-0.1, -0.05) is 54.0 Å². The van der Waals surface area contributed by atoms with E-state index >= 15 is 0 Å². The van der Waals surface area contributed by atoms with Crippen LogP contribution in [0.25, 0.3) is 0 Å². The quantitative estimate of drug-likeness (QED) is 0.440. The van der Waals surface area contributed by atoms with Crippen molar-refractivity contribution in [3.05, 3.63) is 11.6 Å². The first-order valence-electron chi connectivity index (χ1n) is 15.4. The fourth-order valence-corrected chi connectivity index (χ4v) is 11.0. The number of hydrogen-bond donors (Lipinski definition) is 2. The van der Waals surface area contributed by atoms with Gasteiger partial charge < -0.3 is 10.4 Å². The van der Waals surface area contributed by atoms with Gasteiger partial charge in [-0.3, -0.25) is 9.59 Å². The Kier molecular flexibility index (Phi) is 5.45. The Morgan fingerprint density at radius 2 is 1.57 bits per heavy atom. The van der Waals surface area contributed by atoms with Crippen molar-refractivity contribution >= 4 is 11.7 Å². The highest BCUT2D eigenvalue weighted by atomic mass is 16.3. The summed E-state index contributed by atoms with van der Waals surface area (Å²) in [4.78, 5) is 27.8. The minimum absolute atomic E-state index is 0.0109. The molecule has 0 aliphatic heterocycles. The molecule has 6 aliphatic carbocycles. The molecule has 1 amide bonds. The van der Waals surface area contributed by atoms with Crippen LogP contribution in [0.3, 0.4) is 0 Å². The van der Waals surface area contributed by atoms with Crippen LogP contribution in [0.4, 0.5) is 0 Å². The largest absolute Gasteiger partial charge is 0.393 e. The summed E-state index contributed by atoms with van der Waals surface area (Å²) in [5.74, 6) is 1.26. The maximum atomic E-state index is 14.4. The third-order valence-electron chi connectivity index (χ3n) is 14.0. The van der Waals surface area contributed by atoms with Crippen molar-refractivity contribution in [2.24, 2.45) is 50.2 Å². The second-order valence-electron chi connectivity index (χ2n) is 16.4. The van der Waals surface area contributed by atoms with E-state index in [1.807, 2.05) is 0 Å². The fraction of sp³-hybridized carbons (Fsp3) is 0.879. The van der Waals surface area contributed by atoms with E-state index in [1.165, 1.54) is 12.0 Å². The van der Waals surface area contributed by atoms with Crippen molar-refractivity contribution in [1.29, 1.82) is 0 Å². The van der Waals surface area contributed by atoms with Crippen LogP contribution in [0.5, 0.6) is 0 Å². The fourth-order valence-electron chi connectivity index (χ4n) is 11.0. The molecular weight excluding hydrogens is 458 g/mol. The molecule has 0 aromatic carbocycles. The van der Waals surface area contributed by atoms with Crippen molar-refractivity contribution in [2.45, 2.75) is 131 Å². The molecule has 37 heavy (non-hydrogen) atoms. The smallest absolute Gasteiger partial charge is 0.226 e. The Morgan fingerprint density at radius 1 is 0.892 bits per heavy atom. The van der Waals surface area contributed by atoms with E-state index < -0.39 is 0 Å². The van der Waals surface area contributed by atoms with Gasteiger partial charge in [-0.25, -0.2) is 0 Å². The third-order valence-corrected chi connectivity index (χ3v) is 14.0. The van der Waals surface area contributed by atoms with Crippen molar-refractivity contribution < 1.29 is 14.7 Å². The Labute approximate surface area is 224 Å². The van der Waals surface area contributed by atoms with Crippen LogP contribution >= 0.6 is 0 Å². The molecule has 206 valence electrons. The summed E-state index contributed by atoms with van der Waals surface area (Å²) in [5, 5.41) is 14.3. The molecule has 2 unspecified atom stereocenters. The monoisotopic (exact) mass is 509 g/mol. The van der Waals surface area contributed by atoms with Gasteiger partial charge in [0.2, 0.25) is 5.91 Å². The zero-order valence-corrected chi connectivity index (χ0v) is 24.5. The number of nitrogens with one attached hydrogen (secondary N) is 1. The van der Waals surface area contributed by atoms with Crippen molar-refractivity contribution in [3.63, 3.8) is 0 Å². The van der Waals surface area contributed by atoms with Crippen LogP contribution in [0.1, 0.15) is 119 Å². The van der Waals surface area contributed by atoms with Crippen molar-refractivity contribution in [2.75, 3.05) is 0 Å². The zero-order chi connectivity index (χ0) is 26.8. The second-order valence-corrected chi connectivity index (χ2v) is 16.4. The summed E-state index contributed by atoms with van der Waals surface area (Å²) in [5.41, 5.74) is 0.867. The van der Waals surface area contributed by atoms with Crippen LogP contribution in [0.15, 0.2) is 11.6 Å². The van der Waals surface area contributed by atoms with E-state index in [0.717, 1.165) is 64.2 Å². The SMILES string of the molecule is CC1(C(=O)NC2CC2)CC[C@]2(C)CC[C@]3(C)C(=CC(=O)[C@@H]4[C@@]5(C)CC[C@H](O)C(C)(C)C5CC[C@]43C)[C@@H]2C1. The molecule has 0 radical (unpaired) electrons. The molecule has 9 atom stereocenters. The lowest BCUT2D eigenvalue weighted by atomic mass is 9.33. The lowest BCUT2D eigenvalue weighted by Gasteiger charge is -2.70. The van der Waals surface area contributed by atoms with E-state index in [1.54, 1.807) is 0 Å². The third kappa shape index (κ3) is 3.35. The first-order chi connectivity index (χ1) is 17.1. The lowest BCUT2D eigenvalue weighted by Crippen LogP contribution is -2.66. The van der Waals surface area contributed by atoms with Gasteiger partial charge in [-0.05, 0) is 116 Å². The predicted octanol–water partition coefficient (Wildman–Crippen LogP) is 6.61. The number of allylic oxidation sites excluding steroid dienone is 2.